The predicted octanol–water partition coefficient (Wildman–Crippen LogP) is 2.75. The van der Waals surface area contributed by atoms with Crippen molar-refractivity contribution in [2.75, 3.05) is 18.0 Å². The molecule has 108 valence electrons. The van der Waals surface area contributed by atoms with Crippen molar-refractivity contribution in [1.29, 1.82) is 5.26 Å². The van der Waals surface area contributed by atoms with E-state index < -0.39 is 11.7 Å². The zero-order valence-electron chi connectivity index (χ0n) is 11.1. The summed E-state index contributed by atoms with van der Waals surface area (Å²) in [7, 11) is 0. The number of benzene rings is 1. The Balaban J connectivity index is 2.29. The first-order valence-electron chi connectivity index (χ1n) is 6.45. The molecule has 1 aromatic rings. The van der Waals surface area contributed by atoms with Gasteiger partial charge < -0.3 is 10.6 Å². The van der Waals surface area contributed by atoms with Gasteiger partial charge in [-0.15, -0.1) is 0 Å². The molecule has 2 atom stereocenters. The summed E-state index contributed by atoms with van der Waals surface area (Å²) in [6.45, 7) is 3.41. The first-order valence-corrected chi connectivity index (χ1v) is 6.45. The molecule has 0 spiro atoms. The molecular formula is C14H16F3N3. The van der Waals surface area contributed by atoms with E-state index in [0.717, 1.165) is 12.5 Å². The molecule has 1 fully saturated rings. The van der Waals surface area contributed by atoms with E-state index in [-0.39, 0.29) is 17.5 Å². The van der Waals surface area contributed by atoms with E-state index in [4.69, 9.17) is 11.0 Å². The van der Waals surface area contributed by atoms with Crippen LogP contribution in [0.2, 0.25) is 0 Å². The average Bonchev–Trinajstić information content (AvgIpc) is 2.40. The zero-order chi connectivity index (χ0) is 14.9. The minimum Gasteiger partial charge on any atom is -0.371 e. The summed E-state index contributed by atoms with van der Waals surface area (Å²) in [5.41, 5.74) is 5.36. The molecule has 0 saturated carbocycles. The molecule has 0 amide bonds. The zero-order valence-corrected chi connectivity index (χ0v) is 11.1. The van der Waals surface area contributed by atoms with Crippen molar-refractivity contribution in [2.45, 2.75) is 25.6 Å². The monoisotopic (exact) mass is 283 g/mol. The van der Waals surface area contributed by atoms with Gasteiger partial charge in [0.2, 0.25) is 0 Å². The van der Waals surface area contributed by atoms with Crippen LogP contribution in [0.5, 0.6) is 0 Å². The van der Waals surface area contributed by atoms with Gasteiger partial charge in [0.15, 0.2) is 0 Å². The molecule has 1 heterocycles. The highest BCUT2D eigenvalue weighted by molar-refractivity contribution is 5.55. The molecule has 6 heteroatoms. The maximum absolute atomic E-state index is 12.7. The lowest BCUT2D eigenvalue weighted by Gasteiger charge is -2.36. The summed E-state index contributed by atoms with van der Waals surface area (Å²) in [6.07, 6.45) is -3.70. The lowest BCUT2D eigenvalue weighted by atomic mass is 9.94. The van der Waals surface area contributed by atoms with Gasteiger partial charge in [0.05, 0.1) is 17.2 Å². The maximum Gasteiger partial charge on any atom is 0.417 e. The largest absolute Gasteiger partial charge is 0.417 e. The van der Waals surface area contributed by atoms with Gasteiger partial charge in [-0.05, 0) is 30.5 Å². The molecule has 3 nitrogen and oxygen atoms in total. The second-order valence-electron chi connectivity index (χ2n) is 5.22. The Morgan fingerprint density at radius 2 is 2.10 bits per heavy atom. The van der Waals surface area contributed by atoms with Crippen molar-refractivity contribution < 1.29 is 13.2 Å². The highest BCUT2D eigenvalue weighted by Gasteiger charge is 2.34. The molecule has 0 bridgehead atoms. The lowest BCUT2D eigenvalue weighted by Crippen LogP contribution is -2.46. The van der Waals surface area contributed by atoms with Crippen LogP contribution in [0.15, 0.2) is 18.2 Å². The number of nitrogens with zero attached hydrogens (tertiary/aromatic N) is 2. The molecule has 1 aliphatic heterocycles. The van der Waals surface area contributed by atoms with Gasteiger partial charge in [-0.25, -0.2) is 0 Å². The quantitative estimate of drug-likeness (QED) is 0.862. The normalized spacial score (nSPS) is 23.5. The first kappa shape index (κ1) is 14.7. The number of alkyl halides is 3. The Labute approximate surface area is 115 Å². The molecule has 20 heavy (non-hydrogen) atoms. The van der Waals surface area contributed by atoms with Crippen molar-refractivity contribution in [3.63, 3.8) is 0 Å². The number of rotatable bonds is 1. The van der Waals surface area contributed by atoms with E-state index in [1.54, 1.807) is 6.07 Å². The standard InChI is InChI=1S/C14H16F3N3/c1-9-8-20(5-4-13(9)19)11-2-3-12(14(15,16)17)10(6-11)7-18/h2-3,6,9,13H,4-5,8,19H2,1H3. The fraction of sp³-hybridized carbons (Fsp3) is 0.500. The SMILES string of the molecule is CC1CN(c2ccc(C(F)(F)F)c(C#N)c2)CCC1N. The number of nitrogens with two attached hydrogens (primary N) is 1. The molecule has 2 N–H and O–H groups in total. The first-order chi connectivity index (χ1) is 9.32. The Morgan fingerprint density at radius 3 is 2.65 bits per heavy atom. The highest BCUT2D eigenvalue weighted by atomic mass is 19.4. The topological polar surface area (TPSA) is 53.0 Å². The Kier molecular flexibility index (Phi) is 3.91. The second kappa shape index (κ2) is 5.33. The Hall–Kier alpha value is -1.74. The van der Waals surface area contributed by atoms with Gasteiger partial charge in [0.1, 0.15) is 0 Å². The van der Waals surface area contributed by atoms with Crippen LogP contribution < -0.4 is 10.6 Å². The van der Waals surface area contributed by atoms with Gasteiger partial charge in [0, 0.05) is 24.8 Å². The molecule has 1 aliphatic rings. The Bertz CT molecular complexity index is 533. The van der Waals surface area contributed by atoms with Crippen molar-refractivity contribution >= 4 is 5.69 Å². The highest BCUT2D eigenvalue weighted by Crippen LogP contribution is 2.34. The van der Waals surface area contributed by atoms with E-state index in [1.807, 2.05) is 11.8 Å². The third-order valence-corrected chi connectivity index (χ3v) is 3.77. The molecule has 0 aromatic heterocycles. The lowest BCUT2D eigenvalue weighted by molar-refractivity contribution is -0.137. The molecule has 0 radical (unpaired) electrons. The van der Waals surface area contributed by atoms with Crippen molar-refractivity contribution in [2.24, 2.45) is 11.7 Å². The number of halogens is 3. The summed E-state index contributed by atoms with van der Waals surface area (Å²) in [6, 6.07) is 5.47. The third-order valence-electron chi connectivity index (χ3n) is 3.77. The van der Waals surface area contributed by atoms with Crippen molar-refractivity contribution in [1.82, 2.24) is 0 Å². The number of hydrogen-bond acceptors (Lipinski definition) is 3. The third kappa shape index (κ3) is 2.88. The molecule has 0 aliphatic carbocycles. The van der Waals surface area contributed by atoms with Crippen LogP contribution in [-0.4, -0.2) is 19.1 Å². The van der Waals surface area contributed by atoms with Gasteiger partial charge in [-0.2, -0.15) is 18.4 Å². The van der Waals surface area contributed by atoms with Crippen LogP contribution in [0.4, 0.5) is 18.9 Å². The van der Waals surface area contributed by atoms with E-state index in [2.05, 4.69) is 0 Å². The minimum absolute atomic E-state index is 0.121. The van der Waals surface area contributed by atoms with E-state index >= 15 is 0 Å². The summed E-state index contributed by atoms with van der Waals surface area (Å²) in [5, 5.41) is 8.91. The number of nitriles is 1. The Morgan fingerprint density at radius 1 is 1.40 bits per heavy atom. The fourth-order valence-electron chi connectivity index (χ4n) is 2.47. The van der Waals surface area contributed by atoms with E-state index in [9.17, 15) is 13.2 Å². The minimum atomic E-state index is -4.50. The average molecular weight is 283 g/mol. The predicted molar refractivity (Wildman–Crippen MR) is 70.1 cm³/mol. The molecule has 1 aromatic carbocycles. The second-order valence-corrected chi connectivity index (χ2v) is 5.22. The summed E-state index contributed by atoms with van der Waals surface area (Å²) >= 11 is 0. The smallest absolute Gasteiger partial charge is 0.371 e. The molecule has 1 saturated heterocycles. The van der Waals surface area contributed by atoms with Crippen LogP contribution in [-0.2, 0) is 6.18 Å². The van der Waals surface area contributed by atoms with Gasteiger partial charge >= 0.3 is 6.18 Å². The van der Waals surface area contributed by atoms with Crippen LogP contribution in [0.3, 0.4) is 0 Å². The van der Waals surface area contributed by atoms with Crippen molar-refractivity contribution in [3.05, 3.63) is 29.3 Å². The van der Waals surface area contributed by atoms with Gasteiger partial charge in [-0.1, -0.05) is 6.92 Å². The van der Waals surface area contributed by atoms with Crippen LogP contribution in [0, 0.1) is 17.2 Å². The van der Waals surface area contributed by atoms with Crippen molar-refractivity contribution in [3.8, 4) is 6.07 Å². The van der Waals surface area contributed by atoms with Crippen LogP contribution in [0.1, 0.15) is 24.5 Å². The van der Waals surface area contributed by atoms with Gasteiger partial charge in [0.25, 0.3) is 0 Å². The van der Waals surface area contributed by atoms with E-state index in [1.165, 1.54) is 12.1 Å². The summed E-state index contributed by atoms with van der Waals surface area (Å²) in [5.74, 6) is 0.275. The van der Waals surface area contributed by atoms with Gasteiger partial charge in [-0.3, -0.25) is 0 Å². The molecular weight excluding hydrogens is 267 g/mol. The van der Waals surface area contributed by atoms with Crippen LogP contribution >= 0.6 is 0 Å². The summed E-state index contributed by atoms with van der Waals surface area (Å²) < 4.78 is 38.2. The van der Waals surface area contributed by atoms with E-state index in [0.29, 0.717) is 18.8 Å². The summed E-state index contributed by atoms with van der Waals surface area (Å²) in [4.78, 5) is 1.98. The number of anilines is 1. The maximum atomic E-state index is 12.7. The van der Waals surface area contributed by atoms with Crippen LogP contribution in [0.25, 0.3) is 0 Å². The fourth-order valence-corrected chi connectivity index (χ4v) is 2.47. The number of hydrogen-bond donors (Lipinski definition) is 1. The number of piperidine rings is 1. The molecule has 2 unspecified atom stereocenters. The molecule has 2 rings (SSSR count).